The van der Waals surface area contributed by atoms with E-state index in [1.54, 1.807) is 13.2 Å². The van der Waals surface area contributed by atoms with Crippen LogP contribution in [0.2, 0.25) is 5.02 Å². The van der Waals surface area contributed by atoms with Gasteiger partial charge >= 0.3 is 0 Å². The molecule has 112 valence electrons. The fraction of sp³-hybridized carbons (Fsp3) is 0.625. The molecule has 1 aromatic carbocycles. The van der Waals surface area contributed by atoms with E-state index in [1.807, 2.05) is 12.1 Å². The second kappa shape index (κ2) is 7.75. The lowest BCUT2D eigenvalue weighted by Crippen LogP contribution is -2.34. The van der Waals surface area contributed by atoms with Crippen LogP contribution in [0.25, 0.3) is 0 Å². The molecule has 0 spiro atoms. The largest absolute Gasteiger partial charge is 0.493 e. The van der Waals surface area contributed by atoms with Crippen molar-refractivity contribution in [3.63, 3.8) is 0 Å². The minimum atomic E-state index is 0.664. The van der Waals surface area contributed by atoms with E-state index in [0.29, 0.717) is 17.4 Å². The molecule has 0 aliphatic carbocycles. The summed E-state index contributed by atoms with van der Waals surface area (Å²) < 4.78 is 11.1. The number of benzene rings is 1. The molecule has 0 aromatic heterocycles. The summed E-state index contributed by atoms with van der Waals surface area (Å²) in [5, 5.41) is 0.664. The Morgan fingerprint density at radius 1 is 1.25 bits per heavy atom. The van der Waals surface area contributed by atoms with Gasteiger partial charge in [-0.15, -0.1) is 0 Å². The van der Waals surface area contributed by atoms with Gasteiger partial charge < -0.3 is 14.4 Å². The highest BCUT2D eigenvalue weighted by atomic mass is 35.5. The SMILES string of the molecule is COc1cc(Cl)ccc1OCCCN1CCC(C)CC1. The molecule has 0 atom stereocenters. The Hall–Kier alpha value is -0.930. The van der Waals surface area contributed by atoms with Crippen molar-refractivity contribution in [2.24, 2.45) is 5.92 Å². The van der Waals surface area contributed by atoms with E-state index < -0.39 is 0 Å². The summed E-state index contributed by atoms with van der Waals surface area (Å²) in [5.41, 5.74) is 0. The Bertz CT molecular complexity index is 417. The molecule has 3 nitrogen and oxygen atoms in total. The van der Waals surface area contributed by atoms with E-state index in [1.165, 1.54) is 25.9 Å². The van der Waals surface area contributed by atoms with Gasteiger partial charge in [0.15, 0.2) is 11.5 Å². The van der Waals surface area contributed by atoms with Crippen LogP contribution in [0.1, 0.15) is 26.2 Å². The molecule has 4 heteroatoms. The van der Waals surface area contributed by atoms with Crippen LogP contribution in [0.5, 0.6) is 11.5 Å². The van der Waals surface area contributed by atoms with Crippen LogP contribution < -0.4 is 9.47 Å². The van der Waals surface area contributed by atoms with Gasteiger partial charge in [-0.25, -0.2) is 0 Å². The third kappa shape index (κ3) is 4.57. The molecule has 0 N–H and O–H groups in total. The average molecular weight is 298 g/mol. The number of methoxy groups -OCH3 is 1. The highest BCUT2D eigenvalue weighted by molar-refractivity contribution is 6.30. The van der Waals surface area contributed by atoms with Crippen molar-refractivity contribution in [2.45, 2.75) is 26.2 Å². The normalized spacial score (nSPS) is 17.1. The van der Waals surface area contributed by atoms with E-state index in [2.05, 4.69) is 11.8 Å². The summed E-state index contributed by atoms with van der Waals surface area (Å²) in [6.45, 7) is 6.62. The fourth-order valence-electron chi connectivity index (χ4n) is 2.52. The molecular formula is C16H24ClNO2. The Morgan fingerprint density at radius 2 is 2.00 bits per heavy atom. The molecule has 1 aliphatic rings. The van der Waals surface area contributed by atoms with Gasteiger partial charge in [0.1, 0.15) is 0 Å². The third-order valence-electron chi connectivity index (χ3n) is 3.88. The van der Waals surface area contributed by atoms with Gasteiger partial charge in [-0.05, 0) is 50.4 Å². The predicted octanol–water partition coefficient (Wildman–Crippen LogP) is 3.85. The van der Waals surface area contributed by atoms with Crippen LogP contribution in [0, 0.1) is 5.92 Å². The molecule has 1 aliphatic heterocycles. The van der Waals surface area contributed by atoms with Crippen molar-refractivity contribution >= 4 is 11.6 Å². The number of hydrogen-bond donors (Lipinski definition) is 0. The first-order chi connectivity index (χ1) is 9.69. The molecule has 0 radical (unpaired) electrons. The van der Waals surface area contributed by atoms with Gasteiger partial charge in [0.25, 0.3) is 0 Å². The van der Waals surface area contributed by atoms with E-state index in [9.17, 15) is 0 Å². The lowest BCUT2D eigenvalue weighted by molar-refractivity contribution is 0.176. The van der Waals surface area contributed by atoms with Crippen molar-refractivity contribution in [2.75, 3.05) is 33.4 Å². The third-order valence-corrected chi connectivity index (χ3v) is 4.11. The monoisotopic (exact) mass is 297 g/mol. The van der Waals surface area contributed by atoms with Gasteiger partial charge in [-0.3, -0.25) is 0 Å². The predicted molar refractivity (Wildman–Crippen MR) is 83.0 cm³/mol. The van der Waals surface area contributed by atoms with Crippen molar-refractivity contribution in [3.8, 4) is 11.5 Å². The van der Waals surface area contributed by atoms with Crippen LogP contribution >= 0.6 is 11.6 Å². The second-order valence-corrected chi connectivity index (χ2v) is 5.96. The summed E-state index contributed by atoms with van der Waals surface area (Å²) in [6.07, 6.45) is 3.69. The lowest BCUT2D eigenvalue weighted by atomic mass is 9.99. The van der Waals surface area contributed by atoms with E-state index in [-0.39, 0.29) is 0 Å². The van der Waals surface area contributed by atoms with Crippen molar-refractivity contribution in [3.05, 3.63) is 23.2 Å². The number of rotatable bonds is 6. The van der Waals surface area contributed by atoms with Gasteiger partial charge in [0.05, 0.1) is 13.7 Å². The molecule has 2 rings (SSSR count). The molecule has 0 unspecified atom stereocenters. The Kier molecular flexibility index (Phi) is 5.99. The maximum Gasteiger partial charge on any atom is 0.162 e. The van der Waals surface area contributed by atoms with Gasteiger partial charge in [0.2, 0.25) is 0 Å². The van der Waals surface area contributed by atoms with Gasteiger partial charge in [-0.1, -0.05) is 18.5 Å². The summed E-state index contributed by atoms with van der Waals surface area (Å²) in [6, 6.07) is 5.47. The first-order valence-corrected chi connectivity index (χ1v) is 7.75. The summed E-state index contributed by atoms with van der Waals surface area (Å²) in [4.78, 5) is 2.53. The number of nitrogens with zero attached hydrogens (tertiary/aromatic N) is 1. The fourth-order valence-corrected chi connectivity index (χ4v) is 2.68. The van der Waals surface area contributed by atoms with Crippen LogP contribution in [0.15, 0.2) is 18.2 Å². The first kappa shape index (κ1) is 15.5. The number of piperidine rings is 1. The smallest absolute Gasteiger partial charge is 0.162 e. The zero-order chi connectivity index (χ0) is 14.4. The highest BCUT2D eigenvalue weighted by Gasteiger charge is 2.15. The summed E-state index contributed by atoms with van der Waals surface area (Å²) in [7, 11) is 1.63. The molecule has 0 bridgehead atoms. The molecule has 20 heavy (non-hydrogen) atoms. The maximum absolute atomic E-state index is 5.93. The lowest BCUT2D eigenvalue weighted by Gasteiger charge is -2.30. The van der Waals surface area contributed by atoms with Crippen LogP contribution in [0.3, 0.4) is 0 Å². The second-order valence-electron chi connectivity index (χ2n) is 5.52. The minimum Gasteiger partial charge on any atom is -0.493 e. The summed E-state index contributed by atoms with van der Waals surface area (Å²) in [5.74, 6) is 2.36. The van der Waals surface area contributed by atoms with E-state index in [4.69, 9.17) is 21.1 Å². The molecule has 0 saturated carbocycles. The van der Waals surface area contributed by atoms with E-state index >= 15 is 0 Å². The molecule has 0 amide bonds. The number of halogens is 1. The number of hydrogen-bond acceptors (Lipinski definition) is 3. The van der Waals surface area contributed by atoms with Crippen molar-refractivity contribution in [1.82, 2.24) is 4.90 Å². The molecule has 1 saturated heterocycles. The standard InChI is InChI=1S/C16H24ClNO2/c1-13-6-9-18(10-7-13)8-3-11-20-15-5-4-14(17)12-16(15)19-2/h4-5,12-13H,3,6-11H2,1-2H3. The average Bonchev–Trinajstić information content (AvgIpc) is 2.46. The Labute approximate surface area is 126 Å². The van der Waals surface area contributed by atoms with Gasteiger partial charge in [0, 0.05) is 17.6 Å². The van der Waals surface area contributed by atoms with Crippen LogP contribution in [-0.4, -0.2) is 38.3 Å². The Morgan fingerprint density at radius 3 is 2.70 bits per heavy atom. The highest BCUT2D eigenvalue weighted by Crippen LogP contribution is 2.30. The Balaban J connectivity index is 1.71. The topological polar surface area (TPSA) is 21.7 Å². The molecule has 1 heterocycles. The summed E-state index contributed by atoms with van der Waals surface area (Å²) >= 11 is 5.93. The number of ether oxygens (including phenoxy) is 2. The molecule has 1 aromatic rings. The van der Waals surface area contributed by atoms with Crippen LogP contribution in [0.4, 0.5) is 0 Å². The van der Waals surface area contributed by atoms with Crippen LogP contribution in [-0.2, 0) is 0 Å². The van der Waals surface area contributed by atoms with Gasteiger partial charge in [-0.2, -0.15) is 0 Å². The minimum absolute atomic E-state index is 0.664. The zero-order valence-electron chi connectivity index (χ0n) is 12.4. The van der Waals surface area contributed by atoms with Crippen molar-refractivity contribution < 1.29 is 9.47 Å². The van der Waals surface area contributed by atoms with Crippen molar-refractivity contribution in [1.29, 1.82) is 0 Å². The van der Waals surface area contributed by atoms with E-state index in [0.717, 1.165) is 24.6 Å². The first-order valence-electron chi connectivity index (χ1n) is 7.37. The quantitative estimate of drug-likeness (QED) is 0.745. The molecule has 1 fully saturated rings. The molecular weight excluding hydrogens is 274 g/mol. The number of likely N-dealkylation sites (tertiary alicyclic amines) is 1. The maximum atomic E-state index is 5.93. The zero-order valence-corrected chi connectivity index (χ0v) is 13.2.